The van der Waals surface area contributed by atoms with Gasteiger partial charge in [0, 0.05) is 11.4 Å². The Labute approximate surface area is 146 Å². The van der Waals surface area contributed by atoms with Gasteiger partial charge in [0.15, 0.2) is 0 Å². The summed E-state index contributed by atoms with van der Waals surface area (Å²) in [5, 5.41) is 0. The summed E-state index contributed by atoms with van der Waals surface area (Å²) in [6, 6.07) is 8.45. The van der Waals surface area contributed by atoms with Gasteiger partial charge in [-0.25, -0.2) is 0 Å². The molecule has 0 spiro atoms. The Morgan fingerprint density at radius 1 is 1.22 bits per heavy atom. The van der Waals surface area contributed by atoms with Gasteiger partial charge in [-0.2, -0.15) is 0 Å². The van der Waals surface area contributed by atoms with Crippen molar-refractivity contribution in [3.05, 3.63) is 29.8 Å². The van der Waals surface area contributed by atoms with Gasteiger partial charge in [0.1, 0.15) is 5.75 Å². The highest BCUT2D eigenvalue weighted by molar-refractivity contribution is 7.98. The third-order valence-electron chi connectivity index (χ3n) is 3.37. The minimum atomic E-state index is 0.105. The Kier molecular flexibility index (Phi) is 9.03. The summed E-state index contributed by atoms with van der Waals surface area (Å²) in [5.41, 5.74) is 1.21. The Bertz CT molecular complexity index is 445. The SMILES string of the molecule is CCCCO[C@@H](C)[C@@H](NSC(C)(C)C)c1cccc(OCC)c1. The van der Waals surface area contributed by atoms with Gasteiger partial charge in [0.05, 0.1) is 18.8 Å². The van der Waals surface area contributed by atoms with E-state index in [0.29, 0.717) is 6.61 Å². The highest BCUT2D eigenvalue weighted by atomic mass is 32.2. The molecule has 0 aromatic heterocycles. The van der Waals surface area contributed by atoms with Crippen LogP contribution < -0.4 is 9.46 Å². The molecule has 1 N–H and O–H groups in total. The molecule has 0 amide bonds. The predicted molar refractivity (Wildman–Crippen MR) is 101 cm³/mol. The molecule has 132 valence electrons. The molecule has 0 fully saturated rings. The van der Waals surface area contributed by atoms with Crippen LogP contribution in [-0.4, -0.2) is 24.1 Å². The van der Waals surface area contributed by atoms with Crippen LogP contribution in [-0.2, 0) is 4.74 Å². The molecule has 0 heterocycles. The van der Waals surface area contributed by atoms with Crippen molar-refractivity contribution in [3.8, 4) is 5.75 Å². The number of hydrogen-bond donors (Lipinski definition) is 1. The lowest BCUT2D eigenvalue weighted by molar-refractivity contribution is 0.0429. The van der Waals surface area contributed by atoms with E-state index in [9.17, 15) is 0 Å². The van der Waals surface area contributed by atoms with Crippen molar-refractivity contribution in [2.24, 2.45) is 0 Å². The zero-order valence-electron chi connectivity index (χ0n) is 15.5. The van der Waals surface area contributed by atoms with Crippen LogP contribution in [0.4, 0.5) is 0 Å². The van der Waals surface area contributed by atoms with Gasteiger partial charge in [-0.3, -0.25) is 4.72 Å². The second kappa shape index (κ2) is 10.2. The first-order valence-electron chi connectivity index (χ1n) is 8.65. The van der Waals surface area contributed by atoms with Gasteiger partial charge in [0.2, 0.25) is 0 Å². The smallest absolute Gasteiger partial charge is 0.119 e. The average molecular weight is 340 g/mol. The lowest BCUT2D eigenvalue weighted by Gasteiger charge is -2.29. The molecule has 1 aromatic rings. The fourth-order valence-corrected chi connectivity index (χ4v) is 2.96. The van der Waals surface area contributed by atoms with Crippen molar-refractivity contribution in [2.45, 2.75) is 71.3 Å². The Morgan fingerprint density at radius 3 is 2.57 bits per heavy atom. The van der Waals surface area contributed by atoms with Crippen molar-refractivity contribution in [2.75, 3.05) is 13.2 Å². The molecule has 0 aliphatic heterocycles. The van der Waals surface area contributed by atoms with Gasteiger partial charge >= 0.3 is 0 Å². The summed E-state index contributed by atoms with van der Waals surface area (Å²) in [4.78, 5) is 0. The van der Waals surface area contributed by atoms with Crippen molar-refractivity contribution >= 4 is 11.9 Å². The van der Waals surface area contributed by atoms with Crippen LogP contribution >= 0.6 is 11.9 Å². The van der Waals surface area contributed by atoms with Gasteiger partial charge in [-0.05, 0) is 58.7 Å². The standard InChI is InChI=1S/C19H33NO2S/c1-7-9-13-22-15(3)18(20-23-19(4,5)6)16-11-10-12-17(14-16)21-8-2/h10-12,14-15,18,20H,7-9,13H2,1-6H3/t15-,18+/m0/s1. The van der Waals surface area contributed by atoms with Crippen LogP contribution in [0.5, 0.6) is 5.75 Å². The summed E-state index contributed by atoms with van der Waals surface area (Å²) in [7, 11) is 0. The number of ether oxygens (including phenoxy) is 2. The fraction of sp³-hybridized carbons (Fsp3) is 0.684. The molecular formula is C19H33NO2S. The second-order valence-electron chi connectivity index (χ2n) is 6.74. The molecule has 1 rings (SSSR count). The van der Waals surface area contributed by atoms with E-state index in [1.54, 1.807) is 11.9 Å². The number of unbranched alkanes of at least 4 members (excludes halogenated alkanes) is 1. The maximum atomic E-state index is 6.05. The maximum absolute atomic E-state index is 6.05. The summed E-state index contributed by atoms with van der Waals surface area (Å²) in [6.07, 6.45) is 2.36. The zero-order chi connectivity index (χ0) is 17.3. The minimum Gasteiger partial charge on any atom is -0.494 e. The fourth-order valence-electron chi connectivity index (χ4n) is 2.15. The van der Waals surface area contributed by atoms with Crippen LogP contribution in [0.15, 0.2) is 24.3 Å². The van der Waals surface area contributed by atoms with E-state index in [2.05, 4.69) is 57.5 Å². The average Bonchev–Trinajstić information content (AvgIpc) is 2.47. The number of benzene rings is 1. The molecule has 1 aromatic carbocycles. The maximum Gasteiger partial charge on any atom is 0.119 e. The van der Waals surface area contributed by atoms with E-state index in [4.69, 9.17) is 9.47 Å². The van der Waals surface area contributed by atoms with Crippen LogP contribution in [0, 0.1) is 0 Å². The highest BCUT2D eigenvalue weighted by Gasteiger charge is 2.23. The number of rotatable bonds is 10. The van der Waals surface area contributed by atoms with Crippen LogP contribution in [0.1, 0.15) is 66.0 Å². The summed E-state index contributed by atoms with van der Waals surface area (Å²) in [5.74, 6) is 0.915. The summed E-state index contributed by atoms with van der Waals surface area (Å²) < 4.78 is 15.5. The van der Waals surface area contributed by atoms with Crippen molar-refractivity contribution in [3.63, 3.8) is 0 Å². The molecular weight excluding hydrogens is 306 g/mol. The van der Waals surface area contributed by atoms with Crippen LogP contribution in [0.25, 0.3) is 0 Å². The van der Waals surface area contributed by atoms with Crippen molar-refractivity contribution < 1.29 is 9.47 Å². The van der Waals surface area contributed by atoms with E-state index in [0.717, 1.165) is 25.2 Å². The molecule has 2 atom stereocenters. The van der Waals surface area contributed by atoms with Gasteiger partial charge in [-0.15, -0.1) is 0 Å². The first kappa shape index (κ1) is 20.3. The minimum absolute atomic E-state index is 0.105. The third kappa shape index (κ3) is 8.09. The quantitative estimate of drug-likeness (QED) is 0.459. The largest absolute Gasteiger partial charge is 0.494 e. The molecule has 0 saturated heterocycles. The first-order valence-corrected chi connectivity index (χ1v) is 9.47. The molecule has 4 heteroatoms. The molecule has 0 saturated carbocycles. The molecule has 0 bridgehead atoms. The van der Waals surface area contributed by atoms with Gasteiger partial charge < -0.3 is 9.47 Å². The zero-order valence-corrected chi connectivity index (χ0v) is 16.3. The van der Waals surface area contributed by atoms with Gasteiger partial charge in [0.25, 0.3) is 0 Å². The predicted octanol–water partition coefficient (Wildman–Crippen LogP) is 5.37. The molecule has 0 unspecified atom stereocenters. The summed E-state index contributed by atoms with van der Waals surface area (Å²) in [6.45, 7) is 14.5. The molecule has 23 heavy (non-hydrogen) atoms. The van der Waals surface area contributed by atoms with Crippen LogP contribution in [0.2, 0.25) is 0 Å². The Hall–Kier alpha value is -0.710. The van der Waals surface area contributed by atoms with Gasteiger partial charge in [-0.1, -0.05) is 37.4 Å². The van der Waals surface area contributed by atoms with E-state index < -0.39 is 0 Å². The number of nitrogens with one attached hydrogen (secondary N) is 1. The topological polar surface area (TPSA) is 30.5 Å². The van der Waals surface area contributed by atoms with E-state index in [-0.39, 0.29) is 16.9 Å². The lowest BCUT2D eigenvalue weighted by Crippen LogP contribution is -2.31. The van der Waals surface area contributed by atoms with E-state index in [1.165, 1.54) is 5.56 Å². The number of hydrogen-bond acceptors (Lipinski definition) is 4. The normalized spacial score (nSPS) is 14.5. The van der Waals surface area contributed by atoms with Crippen molar-refractivity contribution in [1.82, 2.24) is 4.72 Å². The Balaban J connectivity index is 2.86. The third-order valence-corrected chi connectivity index (χ3v) is 4.35. The van der Waals surface area contributed by atoms with Crippen LogP contribution in [0.3, 0.4) is 0 Å². The Morgan fingerprint density at radius 2 is 1.96 bits per heavy atom. The molecule has 0 aliphatic carbocycles. The van der Waals surface area contributed by atoms with Crippen molar-refractivity contribution in [1.29, 1.82) is 0 Å². The second-order valence-corrected chi connectivity index (χ2v) is 8.41. The molecule has 0 radical (unpaired) electrons. The lowest BCUT2D eigenvalue weighted by atomic mass is 10.0. The molecule has 0 aliphatic rings. The monoisotopic (exact) mass is 339 g/mol. The summed E-state index contributed by atoms with van der Waals surface area (Å²) >= 11 is 1.75. The van der Waals surface area contributed by atoms with E-state index in [1.807, 2.05) is 13.0 Å². The highest BCUT2D eigenvalue weighted by Crippen LogP contribution is 2.29. The first-order chi connectivity index (χ1) is 10.9. The molecule has 3 nitrogen and oxygen atoms in total. The van der Waals surface area contributed by atoms with E-state index >= 15 is 0 Å².